The Bertz CT molecular complexity index is 801. The van der Waals surface area contributed by atoms with E-state index in [4.69, 9.17) is 0 Å². The van der Waals surface area contributed by atoms with Crippen LogP contribution in [0.2, 0.25) is 0 Å². The van der Waals surface area contributed by atoms with Gasteiger partial charge in [0, 0.05) is 35.2 Å². The maximum Gasteiger partial charge on any atom is 0.272 e. The lowest BCUT2D eigenvalue weighted by Crippen LogP contribution is -2.22. The number of hydrogen-bond donors (Lipinski definition) is 1. The van der Waals surface area contributed by atoms with Gasteiger partial charge in [0.25, 0.3) is 5.91 Å². The molecule has 1 aromatic carbocycles. The second-order valence-corrected chi connectivity index (χ2v) is 6.33. The smallest absolute Gasteiger partial charge is 0.272 e. The summed E-state index contributed by atoms with van der Waals surface area (Å²) in [4.78, 5) is 14.5. The number of carbonyl (C=O) groups excluding carboxylic acids is 1. The number of nitrogens with zero attached hydrogens (tertiary/aromatic N) is 3. The number of carbonyl (C=O) groups is 1. The fraction of sp³-hybridized carbons (Fsp3) is 0.412. The standard InChI is InChI=1S/C17H20N4O/c1-20(2)9-10-21-13-7-3-5-11-15(13)16-12(18-19-17(11)22)6-4-8-14(16)21/h3,5,7H,4,6,8-10H2,1-2H3,(H,19,22). The molecule has 1 aliphatic carbocycles. The third-order valence-electron chi connectivity index (χ3n) is 4.62. The van der Waals surface area contributed by atoms with E-state index in [0.29, 0.717) is 0 Å². The van der Waals surface area contributed by atoms with Crippen LogP contribution in [0.5, 0.6) is 0 Å². The van der Waals surface area contributed by atoms with Gasteiger partial charge in [0.05, 0.1) is 11.3 Å². The fourth-order valence-electron chi connectivity index (χ4n) is 3.61. The summed E-state index contributed by atoms with van der Waals surface area (Å²) in [7, 11) is 4.18. The van der Waals surface area contributed by atoms with Gasteiger partial charge >= 0.3 is 0 Å². The number of benzene rings is 1. The minimum Gasteiger partial charge on any atom is -0.343 e. The van der Waals surface area contributed by atoms with Gasteiger partial charge in [0.15, 0.2) is 0 Å². The molecule has 4 rings (SSSR count). The normalized spacial score (nSPS) is 16.7. The molecular formula is C17H20N4O. The van der Waals surface area contributed by atoms with Crippen molar-refractivity contribution in [3.05, 3.63) is 35.0 Å². The molecule has 0 radical (unpaired) electrons. The predicted octanol–water partition coefficient (Wildman–Crippen LogP) is 1.99. The predicted molar refractivity (Wildman–Crippen MR) is 87.4 cm³/mol. The van der Waals surface area contributed by atoms with Crippen LogP contribution < -0.4 is 5.43 Å². The summed E-state index contributed by atoms with van der Waals surface area (Å²) in [5.74, 6) is -0.0972. The van der Waals surface area contributed by atoms with Gasteiger partial charge in [-0.2, -0.15) is 5.10 Å². The first-order chi connectivity index (χ1) is 10.7. The average Bonchev–Trinajstić information content (AvgIpc) is 2.76. The SMILES string of the molecule is CN(C)CCn1c2c3c4c(cccc41)C(=O)NN=C3CCC2. The van der Waals surface area contributed by atoms with Crippen LogP contribution in [0, 0.1) is 0 Å². The molecule has 5 heteroatoms. The van der Waals surface area contributed by atoms with Crippen molar-refractivity contribution in [3.63, 3.8) is 0 Å². The lowest BCUT2D eigenvalue weighted by atomic mass is 9.92. The van der Waals surface area contributed by atoms with E-state index in [9.17, 15) is 4.79 Å². The molecule has 1 aromatic heterocycles. The Morgan fingerprint density at radius 1 is 1.32 bits per heavy atom. The van der Waals surface area contributed by atoms with Gasteiger partial charge in [-0.3, -0.25) is 4.79 Å². The molecule has 0 spiro atoms. The maximum atomic E-state index is 12.3. The molecule has 2 heterocycles. The number of nitrogens with one attached hydrogen (secondary N) is 1. The van der Waals surface area contributed by atoms with Crippen molar-refractivity contribution in [1.82, 2.24) is 14.9 Å². The molecule has 1 aliphatic heterocycles. The first-order valence-electron chi connectivity index (χ1n) is 7.83. The average molecular weight is 296 g/mol. The van der Waals surface area contributed by atoms with Gasteiger partial charge in [0.2, 0.25) is 0 Å². The van der Waals surface area contributed by atoms with Crippen LogP contribution in [-0.4, -0.2) is 41.7 Å². The van der Waals surface area contributed by atoms with Crippen LogP contribution in [0.1, 0.15) is 34.5 Å². The molecule has 114 valence electrons. The molecule has 0 unspecified atom stereocenters. The van der Waals surface area contributed by atoms with E-state index in [0.717, 1.165) is 54.5 Å². The highest BCUT2D eigenvalue weighted by atomic mass is 16.2. The molecular weight excluding hydrogens is 276 g/mol. The Hall–Kier alpha value is -2.14. The van der Waals surface area contributed by atoms with E-state index in [2.05, 4.69) is 40.2 Å². The molecule has 1 N–H and O–H groups in total. The lowest BCUT2D eigenvalue weighted by Gasteiger charge is -2.18. The Balaban J connectivity index is 2.02. The summed E-state index contributed by atoms with van der Waals surface area (Å²) in [6, 6.07) is 6.00. The number of hydrazone groups is 1. The van der Waals surface area contributed by atoms with E-state index in [1.807, 2.05) is 12.1 Å². The van der Waals surface area contributed by atoms with Gasteiger partial charge < -0.3 is 9.47 Å². The molecule has 0 atom stereocenters. The van der Waals surface area contributed by atoms with Crippen LogP contribution in [0.25, 0.3) is 10.9 Å². The second kappa shape index (κ2) is 4.95. The minimum absolute atomic E-state index is 0.0972. The number of aromatic nitrogens is 1. The Labute approximate surface area is 129 Å². The van der Waals surface area contributed by atoms with E-state index >= 15 is 0 Å². The van der Waals surface area contributed by atoms with Crippen LogP contribution >= 0.6 is 0 Å². The molecule has 0 bridgehead atoms. The van der Waals surface area contributed by atoms with Crippen molar-refractivity contribution in [2.24, 2.45) is 5.10 Å². The zero-order chi connectivity index (χ0) is 15.3. The molecule has 1 amide bonds. The van der Waals surface area contributed by atoms with Crippen molar-refractivity contribution in [2.45, 2.75) is 25.8 Å². The summed E-state index contributed by atoms with van der Waals surface area (Å²) < 4.78 is 2.39. The van der Waals surface area contributed by atoms with E-state index < -0.39 is 0 Å². The molecule has 2 aromatic rings. The highest BCUT2D eigenvalue weighted by Crippen LogP contribution is 2.35. The van der Waals surface area contributed by atoms with Crippen LogP contribution in [-0.2, 0) is 13.0 Å². The van der Waals surface area contributed by atoms with E-state index in [-0.39, 0.29) is 5.91 Å². The quantitative estimate of drug-likeness (QED) is 0.941. The second-order valence-electron chi connectivity index (χ2n) is 6.33. The summed E-state index contributed by atoms with van der Waals surface area (Å²) in [6.45, 7) is 1.93. The Kier molecular flexibility index (Phi) is 3.04. The van der Waals surface area contributed by atoms with Crippen LogP contribution in [0.4, 0.5) is 0 Å². The number of amides is 1. The minimum atomic E-state index is -0.0972. The van der Waals surface area contributed by atoms with E-state index in [1.54, 1.807) is 0 Å². The third kappa shape index (κ3) is 1.89. The van der Waals surface area contributed by atoms with Gasteiger partial charge in [-0.25, -0.2) is 5.43 Å². The van der Waals surface area contributed by atoms with Crippen LogP contribution in [0.3, 0.4) is 0 Å². The Morgan fingerprint density at radius 2 is 2.18 bits per heavy atom. The van der Waals surface area contributed by atoms with Gasteiger partial charge in [-0.15, -0.1) is 0 Å². The Morgan fingerprint density at radius 3 is 3.00 bits per heavy atom. The molecule has 22 heavy (non-hydrogen) atoms. The van der Waals surface area contributed by atoms with E-state index in [1.165, 1.54) is 11.3 Å². The van der Waals surface area contributed by atoms with Gasteiger partial charge in [-0.1, -0.05) is 6.07 Å². The zero-order valence-corrected chi connectivity index (χ0v) is 13.0. The molecule has 5 nitrogen and oxygen atoms in total. The highest BCUT2D eigenvalue weighted by Gasteiger charge is 2.29. The third-order valence-corrected chi connectivity index (χ3v) is 4.62. The number of rotatable bonds is 3. The van der Waals surface area contributed by atoms with Crippen molar-refractivity contribution in [2.75, 3.05) is 20.6 Å². The zero-order valence-electron chi connectivity index (χ0n) is 13.0. The maximum absolute atomic E-state index is 12.3. The van der Waals surface area contributed by atoms with Gasteiger partial charge in [0.1, 0.15) is 0 Å². The van der Waals surface area contributed by atoms with Crippen molar-refractivity contribution in [1.29, 1.82) is 0 Å². The molecule has 0 fully saturated rings. The summed E-state index contributed by atoms with van der Waals surface area (Å²) in [5.41, 5.74) is 8.19. The highest BCUT2D eigenvalue weighted by molar-refractivity contribution is 6.20. The van der Waals surface area contributed by atoms with Crippen molar-refractivity contribution < 1.29 is 4.79 Å². The first-order valence-corrected chi connectivity index (χ1v) is 7.83. The largest absolute Gasteiger partial charge is 0.343 e. The number of hydrogen-bond acceptors (Lipinski definition) is 3. The van der Waals surface area contributed by atoms with Crippen molar-refractivity contribution >= 4 is 22.5 Å². The summed E-state index contributed by atoms with van der Waals surface area (Å²) in [6.07, 6.45) is 3.09. The summed E-state index contributed by atoms with van der Waals surface area (Å²) >= 11 is 0. The summed E-state index contributed by atoms with van der Waals surface area (Å²) in [5, 5.41) is 5.46. The molecule has 0 saturated heterocycles. The fourth-order valence-corrected chi connectivity index (χ4v) is 3.61. The topological polar surface area (TPSA) is 49.6 Å². The first kappa shape index (κ1) is 13.5. The van der Waals surface area contributed by atoms with Gasteiger partial charge in [-0.05, 0) is 45.5 Å². The number of likely N-dealkylation sites (N-methyl/N-ethyl adjacent to an activating group) is 1. The van der Waals surface area contributed by atoms with Crippen LogP contribution in [0.15, 0.2) is 23.3 Å². The van der Waals surface area contributed by atoms with Crippen molar-refractivity contribution in [3.8, 4) is 0 Å². The monoisotopic (exact) mass is 296 g/mol. The molecule has 0 saturated carbocycles. The lowest BCUT2D eigenvalue weighted by molar-refractivity contribution is 0.0957. The molecule has 2 aliphatic rings.